The van der Waals surface area contributed by atoms with Crippen LogP contribution in [0.15, 0.2) is 50.0 Å². The number of aromatic nitrogens is 2. The molecule has 1 heterocycles. The summed E-state index contributed by atoms with van der Waals surface area (Å²) >= 11 is 4.88. The molecule has 0 aliphatic rings. The van der Waals surface area contributed by atoms with Crippen LogP contribution in [0.5, 0.6) is 0 Å². The first kappa shape index (κ1) is 13.8. The summed E-state index contributed by atoms with van der Waals surface area (Å²) in [5.41, 5.74) is 6.71. The lowest BCUT2D eigenvalue weighted by molar-refractivity contribution is 0.318. The lowest BCUT2D eigenvalue weighted by Crippen LogP contribution is -2.16. The van der Waals surface area contributed by atoms with Gasteiger partial charge in [-0.25, -0.2) is 9.97 Å². The number of nitrogens with zero attached hydrogens (tertiary/aromatic N) is 3. The smallest absolute Gasteiger partial charge is 0.193 e. The topological polar surface area (TPSA) is 84.4 Å². The van der Waals surface area contributed by atoms with Crippen LogP contribution >= 0.6 is 27.7 Å². The second-order valence-electron chi connectivity index (χ2n) is 3.69. The van der Waals surface area contributed by atoms with Crippen LogP contribution in [0.2, 0.25) is 0 Å². The first-order valence-electron chi connectivity index (χ1n) is 5.36. The van der Waals surface area contributed by atoms with E-state index in [1.807, 2.05) is 31.2 Å². The maximum Gasteiger partial charge on any atom is 0.193 e. The summed E-state index contributed by atoms with van der Waals surface area (Å²) in [5, 5.41) is 12.2. The maximum absolute atomic E-state index is 8.69. The molecule has 98 valence electrons. The van der Waals surface area contributed by atoms with E-state index in [0.29, 0.717) is 10.9 Å². The van der Waals surface area contributed by atoms with Gasteiger partial charge >= 0.3 is 0 Å². The van der Waals surface area contributed by atoms with Crippen LogP contribution < -0.4 is 5.73 Å². The van der Waals surface area contributed by atoms with Gasteiger partial charge in [0.15, 0.2) is 11.0 Å². The molecule has 0 saturated heterocycles. The van der Waals surface area contributed by atoms with Crippen LogP contribution in [0.4, 0.5) is 0 Å². The van der Waals surface area contributed by atoms with Crippen LogP contribution in [-0.4, -0.2) is 21.0 Å². The summed E-state index contributed by atoms with van der Waals surface area (Å²) in [6.45, 7) is 1.83. The molecule has 0 radical (unpaired) electrons. The molecule has 0 aliphatic carbocycles. The Hall–Kier alpha value is -1.60. The monoisotopic (exact) mass is 338 g/mol. The van der Waals surface area contributed by atoms with Gasteiger partial charge in [-0.1, -0.05) is 17.3 Å². The Morgan fingerprint density at radius 1 is 1.37 bits per heavy atom. The van der Waals surface area contributed by atoms with Crippen LogP contribution in [-0.2, 0) is 0 Å². The zero-order valence-electron chi connectivity index (χ0n) is 10.0. The standard InChI is InChI=1S/C12H11BrN4OS/c1-7-6-9(11(14)17-18)16-12(15-7)19-10-5-3-2-4-8(10)13/h2-6,18H,1H3,(H2,14,17). The predicted octanol–water partition coefficient (Wildman–Crippen LogP) is 2.79. The van der Waals surface area contributed by atoms with E-state index in [1.54, 1.807) is 6.07 Å². The molecule has 2 rings (SSSR count). The Kier molecular flexibility index (Phi) is 4.39. The van der Waals surface area contributed by atoms with Crippen molar-refractivity contribution in [2.24, 2.45) is 10.9 Å². The van der Waals surface area contributed by atoms with Gasteiger partial charge in [-0.2, -0.15) is 0 Å². The molecule has 0 saturated carbocycles. The van der Waals surface area contributed by atoms with Gasteiger partial charge in [-0.3, -0.25) is 0 Å². The third-order valence-corrected chi connectivity index (χ3v) is 4.14. The third kappa shape index (κ3) is 3.45. The Balaban J connectivity index is 2.36. The molecule has 19 heavy (non-hydrogen) atoms. The lowest BCUT2D eigenvalue weighted by atomic mass is 10.3. The van der Waals surface area contributed by atoms with E-state index in [4.69, 9.17) is 10.9 Å². The molecule has 0 bridgehead atoms. The van der Waals surface area contributed by atoms with E-state index in [0.717, 1.165) is 15.1 Å². The number of aryl methyl sites for hydroxylation is 1. The van der Waals surface area contributed by atoms with Crippen molar-refractivity contribution in [1.82, 2.24) is 9.97 Å². The molecular formula is C12H11BrN4OS. The van der Waals surface area contributed by atoms with Gasteiger partial charge in [0.25, 0.3) is 0 Å². The van der Waals surface area contributed by atoms with Crippen molar-refractivity contribution in [1.29, 1.82) is 0 Å². The highest BCUT2D eigenvalue weighted by molar-refractivity contribution is 9.10. The molecule has 0 amide bonds. The molecule has 0 fully saturated rings. The van der Waals surface area contributed by atoms with Gasteiger partial charge in [-0.05, 0) is 52.8 Å². The summed E-state index contributed by atoms with van der Waals surface area (Å²) in [6, 6.07) is 9.45. The lowest BCUT2D eigenvalue weighted by Gasteiger charge is -2.05. The molecule has 0 spiro atoms. The zero-order chi connectivity index (χ0) is 13.8. The minimum atomic E-state index is -0.0283. The van der Waals surface area contributed by atoms with E-state index < -0.39 is 0 Å². The molecule has 3 N–H and O–H groups in total. The molecular weight excluding hydrogens is 328 g/mol. The largest absolute Gasteiger partial charge is 0.409 e. The summed E-state index contributed by atoms with van der Waals surface area (Å²) in [5.74, 6) is -0.0283. The number of oxime groups is 1. The second-order valence-corrected chi connectivity index (χ2v) is 5.56. The zero-order valence-corrected chi connectivity index (χ0v) is 12.4. The van der Waals surface area contributed by atoms with Crippen LogP contribution in [0.3, 0.4) is 0 Å². The van der Waals surface area contributed by atoms with E-state index in [9.17, 15) is 0 Å². The van der Waals surface area contributed by atoms with E-state index >= 15 is 0 Å². The van der Waals surface area contributed by atoms with Gasteiger partial charge < -0.3 is 10.9 Å². The predicted molar refractivity (Wildman–Crippen MR) is 77.5 cm³/mol. The average Bonchev–Trinajstić information content (AvgIpc) is 2.40. The molecule has 0 unspecified atom stereocenters. The summed E-state index contributed by atoms with van der Waals surface area (Å²) in [4.78, 5) is 9.58. The highest BCUT2D eigenvalue weighted by Gasteiger charge is 2.09. The highest BCUT2D eigenvalue weighted by atomic mass is 79.9. The third-order valence-electron chi connectivity index (χ3n) is 2.24. The van der Waals surface area contributed by atoms with E-state index in [2.05, 4.69) is 31.1 Å². The van der Waals surface area contributed by atoms with Crippen molar-refractivity contribution in [2.45, 2.75) is 17.0 Å². The number of hydrogen-bond acceptors (Lipinski definition) is 5. The van der Waals surface area contributed by atoms with Gasteiger partial charge in [0, 0.05) is 15.1 Å². The molecule has 7 heteroatoms. The van der Waals surface area contributed by atoms with Crippen LogP contribution in [0, 0.1) is 6.92 Å². The Bertz CT molecular complexity index is 633. The van der Waals surface area contributed by atoms with Crippen molar-refractivity contribution >= 4 is 33.5 Å². The molecule has 5 nitrogen and oxygen atoms in total. The highest BCUT2D eigenvalue weighted by Crippen LogP contribution is 2.31. The second kappa shape index (κ2) is 6.03. The number of nitrogens with two attached hydrogens (primary N) is 1. The molecule has 0 atom stereocenters. The molecule has 2 aromatic rings. The first-order valence-corrected chi connectivity index (χ1v) is 6.97. The van der Waals surface area contributed by atoms with E-state index in [1.165, 1.54) is 11.8 Å². The van der Waals surface area contributed by atoms with Crippen molar-refractivity contribution < 1.29 is 5.21 Å². The van der Waals surface area contributed by atoms with E-state index in [-0.39, 0.29) is 5.84 Å². The maximum atomic E-state index is 8.69. The Morgan fingerprint density at radius 2 is 2.11 bits per heavy atom. The van der Waals surface area contributed by atoms with Gasteiger partial charge in [0.2, 0.25) is 0 Å². The fraction of sp³-hybridized carbons (Fsp3) is 0.0833. The molecule has 1 aromatic heterocycles. The fourth-order valence-electron chi connectivity index (χ4n) is 1.40. The van der Waals surface area contributed by atoms with Crippen molar-refractivity contribution in [3.63, 3.8) is 0 Å². The number of rotatable bonds is 3. The fourth-order valence-corrected chi connectivity index (χ4v) is 2.77. The average molecular weight is 339 g/mol. The summed E-state index contributed by atoms with van der Waals surface area (Å²) < 4.78 is 0.968. The summed E-state index contributed by atoms with van der Waals surface area (Å²) in [7, 11) is 0. The quantitative estimate of drug-likeness (QED) is 0.295. The molecule has 1 aromatic carbocycles. The van der Waals surface area contributed by atoms with Gasteiger partial charge in [0.05, 0.1) is 0 Å². The van der Waals surface area contributed by atoms with Crippen molar-refractivity contribution in [3.8, 4) is 0 Å². The number of halogens is 1. The van der Waals surface area contributed by atoms with Gasteiger partial charge in [0.1, 0.15) is 5.69 Å². The molecule has 0 aliphatic heterocycles. The SMILES string of the molecule is Cc1cc(/C(N)=N/O)nc(Sc2ccccc2Br)n1. The minimum Gasteiger partial charge on any atom is -0.409 e. The number of benzene rings is 1. The van der Waals surface area contributed by atoms with Crippen LogP contribution in [0.25, 0.3) is 0 Å². The van der Waals surface area contributed by atoms with Crippen LogP contribution in [0.1, 0.15) is 11.4 Å². The minimum absolute atomic E-state index is 0.0283. The van der Waals surface area contributed by atoms with Crippen molar-refractivity contribution in [3.05, 3.63) is 46.2 Å². The Labute approximate surface area is 123 Å². The number of amidine groups is 1. The Morgan fingerprint density at radius 3 is 2.79 bits per heavy atom. The van der Waals surface area contributed by atoms with Crippen molar-refractivity contribution in [2.75, 3.05) is 0 Å². The van der Waals surface area contributed by atoms with Gasteiger partial charge in [-0.15, -0.1) is 0 Å². The first-order chi connectivity index (χ1) is 9.10. The normalized spacial score (nSPS) is 11.6. The number of hydrogen-bond donors (Lipinski definition) is 2. The summed E-state index contributed by atoms with van der Waals surface area (Å²) in [6.07, 6.45) is 0.